The minimum Gasteiger partial charge on any atom is -0.372 e. The molecule has 0 amide bonds. The number of ether oxygens (including phenoxy) is 1. The van der Waals surface area contributed by atoms with Gasteiger partial charge in [0.15, 0.2) is 5.82 Å². The lowest BCUT2D eigenvalue weighted by Gasteiger charge is -2.23. The molecule has 1 saturated carbocycles. The van der Waals surface area contributed by atoms with E-state index in [0.717, 1.165) is 25.7 Å². The van der Waals surface area contributed by atoms with Crippen LogP contribution in [0.15, 0.2) is 4.52 Å². The molecular weight excluding hydrogens is 218 g/mol. The monoisotopic (exact) mass is 239 g/mol. The van der Waals surface area contributed by atoms with Gasteiger partial charge in [-0.3, -0.25) is 0 Å². The first-order valence-corrected chi connectivity index (χ1v) is 6.44. The van der Waals surface area contributed by atoms with E-state index in [1.165, 1.54) is 12.8 Å². The maximum atomic E-state index is 6.40. The molecule has 0 atom stereocenters. The molecule has 0 unspecified atom stereocenters. The summed E-state index contributed by atoms with van der Waals surface area (Å²) in [5.41, 5.74) is 6.00. The van der Waals surface area contributed by atoms with Gasteiger partial charge in [0, 0.05) is 6.61 Å². The van der Waals surface area contributed by atoms with E-state index in [0.29, 0.717) is 24.9 Å². The molecule has 0 aromatic carbocycles. The van der Waals surface area contributed by atoms with Crippen LogP contribution < -0.4 is 5.73 Å². The lowest BCUT2D eigenvalue weighted by Crippen LogP contribution is -2.37. The molecule has 1 aromatic heterocycles. The Morgan fingerprint density at radius 1 is 1.29 bits per heavy atom. The van der Waals surface area contributed by atoms with Crippen LogP contribution >= 0.6 is 0 Å². The van der Waals surface area contributed by atoms with Gasteiger partial charge in [-0.1, -0.05) is 30.8 Å². The minimum absolute atomic E-state index is 0.375. The Kier molecular flexibility index (Phi) is 4.12. The first-order valence-electron chi connectivity index (χ1n) is 6.44. The van der Waals surface area contributed by atoms with E-state index in [-0.39, 0.29) is 0 Å². The maximum absolute atomic E-state index is 6.40. The molecule has 0 aliphatic heterocycles. The number of hydrogen-bond donors (Lipinski definition) is 1. The highest BCUT2D eigenvalue weighted by Crippen LogP contribution is 2.31. The number of nitrogens with two attached hydrogens (primary N) is 1. The molecule has 1 aromatic rings. The van der Waals surface area contributed by atoms with E-state index < -0.39 is 5.54 Å². The van der Waals surface area contributed by atoms with Crippen molar-refractivity contribution < 1.29 is 9.26 Å². The molecule has 1 aliphatic rings. The fourth-order valence-corrected chi connectivity index (χ4v) is 2.29. The predicted molar refractivity (Wildman–Crippen MR) is 63.2 cm³/mol. The molecule has 0 bridgehead atoms. The van der Waals surface area contributed by atoms with Crippen molar-refractivity contribution in [2.24, 2.45) is 5.73 Å². The number of rotatable bonds is 4. The van der Waals surface area contributed by atoms with Crippen LogP contribution in [0.25, 0.3) is 0 Å². The quantitative estimate of drug-likeness (QED) is 0.814. The molecule has 0 spiro atoms. The average Bonchev–Trinajstić information content (AvgIpc) is 2.70. The second kappa shape index (κ2) is 5.60. The van der Waals surface area contributed by atoms with Crippen molar-refractivity contribution in [2.45, 2.75) is 57.6 Å². The standard InChI is InChI=1S/C12H21N3O2/c1-2-16-9-10-14-11(15-17-10)12(13)7-5-3-4-6-8-12/h2-9,13H2,1H3. The summed E-state index contributed by atoms with van der Waals surface area (Å²) < 4.78 is 10.4. The Balaban J connectivity index is 2.06. The lowest BCUT2D eigenvalue weighted by atomic mass is 9.91. The molecule has 1 aliphatic carbocycles. The molecule has 5 nitrogen and oxygen atoms in total. The van der Waals surface area contributed by atoms with Crippen LogP contribution in [-0.4, -0.2) is 16.7 Å². The van der Waals surface area contributed by atoms with E-state index >= 15 is 0 Å². The van der Waals surface area contributed by atoms with E-state index in [9.17, 15) is 0 Å². The first kappa shape index (κ1) is 12.5. The smallest absolute Gasteiger partial charge is 0.252 e. The summed E-state index contributed by atoms with van der Waals surface area (Å²) in [5.74, 6) is 1.17. The van der Waals surface area contributed by atoms with E-state index in [1.54, 1.807) is 0 Å². The highest BCUT2D eigenvalue weighted by molar-refractivity contribution is 5.04. The second-order valence-corrected chi connectivity index (χ2v) is 4.72. The van der Waals surface area contributed by atoms with Gasteiger partial charge < -0.3 is 15.0 Å². The summed E-state index contributed by atoms with van der Waals surface area (Å²) in [6, 6.07) is 0. The van der Waals surface area contributed by atoms with Crippen molar-refractivity contribution in [1.29, 1.82) is 0 Å². The number of aromatic nitrogens is 2. The highest BCUT2D eigenvalue weighted by atomic mass is 16.5. The Labute approximate surface area is 102 Å². The van der Waals surface area contributed by atoms with Gasteiger partial charge in [-0.15, -0.1) is 0 Å². The average molecular weight is 239 g/mol. The topological polar surface area (TPSA) is 74.2 Å². The van der Waals surface area contributed by atoms with Crippen LogP contribution in [0.3, 0.4) is 0 Å². The zero-order valence-corrected chi connectivity index (χ0v) is 10.4. The van der Waals surface area contributed by atoms with Crippen molar-refractivity contribution in [3.05, 3.63) is 11.7 Å². The van der Waals surface area contributed by atoms with Crippen LogP contribution in [-0.2, 0) is 16.9 Å². The van der Waals surface area contributed by atoms with Gasteiger partial charge in [0.1, 0.15) is 6.61 Å². The zero-order valence-electron chi connectivity index (χ0n) is 10.4. The second-order valence-electron chi connectivity index (χ2n) is 4.72. The first-order chi connectivity index (χ1) is 8.24. The maximum Gasteiger partial charge on any atom is 0.252 e. The third kappa shape index (κ3) is 3.04. The molecule has 2 N–H and O–H groups in total. The van der Waals surface area contributed by atoms with Crippen molar-refractivity contribution in [3.63, 3.8) is 0 Å². The van der Waals surface area contributed by atoms with Gasteiger partial charge in [0.05, 0.1) is 5.54 Å². The van der Waals surface area contributed by atoms with Gasteiger partial charge >= 0.3 is 0 Å². The van der Waals surface area contributed by atoms with Gasteiger partial charge in [-0.2, -0.15) is 4.98 Å². The van der Waals surface area contributed by atoms with Crippen LogP contribution in [0.4, 0.5) is 0 Å². The molecule has 2 rings (SSSR count). The molecule has 5 heteroatoms. The fraction of sp³-hybridized carbons (Fsp3) is 0.833. The molecule has 1 heterocycles. The third-order valence-electron chi connectivity index (χ3n) is 3.34. The Morgan fingerprint density at radius 3 is 2.65 bits per heavy atom. The molecule has 0 radical (unpaired) electrons. The van der Waals surface area contributed by atoms with Crippen LogP contribution in [0.2, 0.25) is 0 Å². The van der Waals surface area contributed by atoms with Gasteiger partial charge in [-0.05, 0) is 19.8 Å². The van der Waals surface area contributed by atoms with Gasteiger partial charge in [0.2, 0.25) is 0 Å². The van der Waals surface area contributed by atoms with Crippen LogP contribution in [0.1, 0.15) is 57.2 Å². The molecular formula is C12H21N3O2. The SMILES string of the molecule is CCOCc1nc(C2(N)CCCCCC2)no1. The molecule has 96 valence electrons. The summed E-state index contributed by atoms with van der Waals surface area (Å²) in [6.07, 6.45) is 6.68. The molecule has 0 saturated heterocycles. The Hall–Kier alpha value is -0.940. The highest BCUT2D eigenvalue weighted by Gasteiger charge is 2.33. The summed E-state index contributed by atoms with van der Waals surface area (Å²) in [7, 11) is 0. The van der Waals surface area contributed by atoms with Crippen molar-refractivity contribution in [3.8, 4) is 0 Å². The summed E-state index contributed by atoms with van der Waals surface area (Å²) >= 11 is 0. The van der Waals surface area contributed by atoms with Gasteiger partial charge in [0.25, 0.3) is 5.89 Å². The van der Waals surface area contributed by atoms with E-state index in [4.69, 9.17) is 15.0 Å². The van der Waals surface area contributed by atoms with E-state index in [1.807, 2.05) is 6.92 Å². The number of nitrogens with zero attached hydrogens (tertiary/aromatic N) is 2. The van der Waals surface area contributed by atoms with Gasteiger partial charge in [-0.25, -0.2) is 0 Å². The van der Waals surface area contributed by atoms with Crippen molar-refractivity contribution in [2.75, 3.05) is 6.61 Å². The largest absolute Gasteiger partial charge is 0.372 e. The Morgan fingerprint density at radius 2 is 2.00 bits per heavy atom. The zero-order chi connectivity index (χ0) is 12.1. The molecule has 1 fully saturated rings. The summed E-state index contributed by atoms with van der Waals surface area (Å²) in [6.45, 7) is 2.96. The summed E-state index contributed by atoms with van der Waals surface area (Å²) in [4.78, 5) is 4.36. The van der Waals surface area contributed by atoms with Crippen molar-refractivity contribution >= 4 is 0 Å². The minimum atomic E-state index is -0.398. The predicted octanol–water partition coefficient (Wildman–Crippen LogP) is 2.11. The van der Waals surface area contributed by atoms with Crippen LogP contribution in [0, 0.1) is 0 Å². The summed E-state index contributed by atoms with van der Waals surface area (Å²) in [5, 5.41) is 4.02. The Bertz CT molecular complexity index is 343. The van der Waals surface area contributed by atoms with Crippen molar-refractivity contribution in [1.82, 2.24) is 10.1 Å². The molecule has 17 heavy (non-hydrogen) atoms. The number of hydrogen-bond acceptors (Lipinski definition) is 5. The van der Waals surface area contributed by atoms with E-state index in [2.05, 4.69) is 10.1 Å². The fourth-order valence-electron chi connectivity index (χ4n) is 2.29. The lowest BCUT2D eigenvalue weighted by molar-refractivity contribution is 0.109. The normalized spacial score (nSPS) is 20.1. The third-order valence-corrected chi connectivity index (χ3v) is 3.34. The van der Waals surface area contributed by atoms with Crippen LogP contribution in [0.5, 0.6) is 0 Å².